The summed E-state index contributed by atoms with van der Waals surface area (Å²) in [6, 6.07) is 0. The van der Waals surface area contributed by atoms with Crippen LogP contribution in [0.5, 0.6) is 0 Å². The highest BCUT2D eigenvalue weighted by Gasteiger charge is 2.21. The van der Waals surface area contributed by atoms with Crippen LogP contribution in [0.25, 0.3) is 0 Å². The first kappa shape index (κ1) is 14.4. The predicted octanol–water partition coefficient (Wildman–Crippen LogP) is 1.34. The zero-order valence-corrected chi connectivity index (χ0v) is 11.6. The summed E-state index contributed by atoms with van der Waals surface area (Å²) in [4.78, 5) is 24.4. The molecule has 18 heavy (non-hydrogen) atoms. The van der Waals surface area contributed by atoms with Gasteiger partial charge in [-0.1, -0.05) is 11.3 Å². The van der Waals surface area contributed by atoms with E-state index in [0.717, 1.165) is 0 Å². The number of rotatable bonds is 3. The molecular formula is C10H16N4O3S. The van der Waals surface area contributed by atoms with Crippen LogP contribution in [-0.4, -0.2) is 46.3 Å². The van der Waals surface area contributed by atoms with Crippen molar-refractivity contribution < 1.29 is 14.3 Å². The van der Waals surface area contributed by atoms with Crippen molar-refractivity contribution in [1.29, 1.82) is 0 Å². The van der Waals surface area contributed by atoms with Crippen LogP contribution < -0.4 is 5.32 Å². The molecule has 1 heterocycles. The fourth-order valence-electron chi connectivity index (χ4n) is 1.01. The van der Waals surface area contributed by atoms with Gasteiger partial charge in [-0.3, -0.25) is 10.1 Å². The van der Waals surface area contributed by atoms with E-state index in [4.69, 9.17) is 4.74 Å². The Morgan fingerprint density at radius 1 is 1.50 bits per heavy atom. The van der Waals surface area contributed by atoms with Crippen LogP contribution in [0.15, 0.2) is 5.51 Å². The van der Waals surface area contributed by atoms with E-state index in [1.165, 1.54) is 28.8 Å². The maximum Gasteiger partial charge on any atom is 0.410 e. The van der Waals surface area contributed by atoms with Crippen molar-refractivity contribution in [3.63, 3.8) is 0 Å². The van der Waals surface area contributed by atoms with E-state index < -0.39 is 11.7 Å². The van der Waals surface area contributed by atoms with Gasteiger partial charge in [-0.2, -0.15) is 0 Å². The summed E-state index contributed by atoms with van der Waals surface area (Å²) >= 11 is 1.21. The van der Waals surface area contributed by atoms with Crippen molar-refractivity contribution in [2.45, 2.75) is 26.4 Å². The molecule has 0 bridgehead atoms. The normalized spacial score (nSPS) is 10.9. The standard InChI is InChI=1S/C10H16N4O3S/c1-10(2,3)17-9(16)14(4)5-7(15)12-8-13-11-6-18-8/h6H,5H2,1-4H3,(H,12,13,15). The van der Waals surface area contributed by atoms with E-state index >= 15 is 0 Å². The van der Waals surface area contributed by atoms with E-state index in [9.17, 15) is 9.59 Å². The van der Waals surface area contributed by atoms with Gasteiger partial charge in [-0.05, 0) is 20.8 Å². The van der Waals surface area contributed by atoms with Crippen LogP contribution in [0.3, 0.4) is 0 Å². The van der Waals surface area contributed by atoms with Gasteiger partial charge in [0.25, 0.3) is 0 Å². The molecule has 0 aliphatic carbocycles. The molecule has 8 heteroatoms. The fraction of sp³-hybridized carbons (Fsp3) is 0.600. The molecule has 1 rings (SSSR count). The zero-order valence-electron chi connectivity index (χ0n) is 10.8. The van der Waals surface area contributed by atoms with Gasteiger partial charge in [0.15, 0.2) is 0 Å². The summed E-state index contributed by atoms with van der Waals surface area (Å²) in [5, 5.41) is 10.2. The third-order valence-corrected chi connectivity index (χ3v) is 2.30. The summed E-state index contributed by atoms with van der Waals surface area (Å²) < 4.78 is 5.12. The number of nitrogens with one attached hydrogen (secondary N) is 1. The van der Waals surface area contributed by atoms with Gasteiger partial charge >= 0.3 is 6.09 Å². The minimum Gasteiger partial charge on any atom is -0.444 e. The molecule has 0 saturated heterocycles. The Labute approximate surface area is 109 Å². The van der Waals surface area contributed by atoms with Crippen LogP contribution in [0.2, 0.25) is 0 Å². The van der Waals surface area contributed by atoms with Gasteiger partial charge in [-0.25, -0.2) is 4.79 Å². The second-order valence-electron chi connectivity index (χ2n) is 4.63. The topological polar surface area (TPSA) is 84.4 Å². The van der Waals surface area contributed by atoms with Gasteiger partial charge in [-0.15, -0.1) is 10.2 Å². The molecule has 1 aromatic heterocycles. The first-order chi connectivity index (χ1) is 8.28. The Kier molecular flexibility index (Phi) is 4.60. The fourth-order valence-corrected chi connectivity index (χ4v) is 1.47. The molecule has 2 amide bonds. The second kappa shape index (κ2) is 5.76. The second-order valence-corrected chi connectivity index (χ2v) is 5.46. The number of hydrogen-bond acceptors (Lipinski definition) is 6. The molecular weight excluding hydrogens is 256 g/mol. The summed E-state index contributed by atoms with van der Waals surface area (Å²) in [5.74, 6) is -0.347. The number of amides is 2. The van der Waals surface area contributed by atoms with Gasteiger partial charge in [0.05, 0.1) is 0 Å². The number of hydrogen-bond donors (Lipinski definition) is 1. The SMILES string of the molecule is CN(CC(=O)Nc1nncs1)C(=O)OC(C)(C)C. The molecule has 100 valence electrons. The summed E-state index contributed by atoms with van der Waals surface area (Å²) in [7, 11) is 1.49. The number of aromatic nitrogens is 2. The van der Waals surface area contributed by atoms with Crippen molar-refractivity contribution in [1.82, 2.24) is 15.1 Å². The molecule has 0 aliphatic rings. The van der Waals surface area contributed by atoms with Crippen molar-refractivity contribution in [2.75, 3.05) is 18.9 Å². The molecule has 0 radical (unpaired) electrons. The Morgan fingerprint density at radius 2 is 2.17 bits per heavy atom. The highest BCUT2D eigenvalue weighted by Crippen LogP contribution is 2.10. The largest absolute Gasteiger partial charge is 0.444 e. The van der Waals surface area contributed by atoms with Crippen LogP contribution >= 0.6 is 11.3 Å². The highest BCUT2D eigenvalue weighted by molar-refractivity contribution is 7.13. The van der Waals surface area contributed by atoms with E-state index in [-0.39, 0.29) is 12.5 Å². The lowest BCUT2D eigenvalue weighted by atomic mass is 10.2. The molecule has 0 fully saturated rings. The van der Waals surface area contributed by atoms with Crippen LogP contribution in [-0.2, 0) is 9.53 Å². The van der Waals surface area contributed by atoms with Gasteiger partial charge in [0.2, 0.25) is 11.0 Å². The predicted molar refractivity (Wildman–Crippen MR) is 67.4 cm³/mol. The van der Waals surface area contributed by atoms with Gasteiger partial charge in [0, 0.05) is 7.05 Å². The number of anilines is 1. The Hall–Kier alpha value is -1.70. The number of nitrogens with zero attached hydrogens (tertiary/aromatic N) is 3. The minimum atomic E-state index is -0.582. The number of ether oxygens (including phenoxy) is 1. The molecule has 1 N–H and O–H groups in total. The average molecular weight is 272 g/mol. The molecule has 0 spiro atoms. The van der Waals surface area contributed by atoms with Crippen molar-refractivity contribution >= 4 is 28.5 Å². The first-order valence-corrected chi connectivity index (χ1v) is 6.16. The number of carbonyl (C=O) groups is 2. The quantitative estimate of drug-likeness (QED) is 0.897. The third kappa shape index (κ3) is 5.09. The Balaban J connectivity index is 2.42. The van der Waals surface area contributed by atoms with E-state index in [0.29, 0.717) is 5.13 Å². The molecule has 0 aromatic carbocycles. The molecule has 0 aliphatic heterocycles. The smallest absolute Gasteiger partial charge is 0.410 e. The highest BCUT2D eigenvalue weighted by atomic mass is 32.1. The number of likely N-dealkylation sites (N-methyl/N-ethyl adjacent to an activating group) is 1. The Morgan fingerprint density at radius 3 is 2.67 bits per heavy atom. The van der Waals surface area contributed by atoms with Gasteiger partial charge < -0.3 is 9.64 Å². The van der Waals surface area contributed by atoms with Crippen molar-refractivity contribution in [2.24, 2.45) is 0 Å². The Bertz CT molecular complexity index is 413. The maximum atomic E-state index is 11.6. The van der Waals surface area contributed by atoms with Crippen LogP contribution in [0.4, 0.5) is 9.93 Å². The molecule has 7 nitrogen and oxygen atoms in total. The third-order valence-electron chi connectivity index (χ3n) is 1.69. The summed E-state index contributed by atoms with van der Waals surface area (Å²) in [6.07, 6.45) is -0.546. The van der Waals surface area contributed by atoms with E-state index in [1.807, 2.05) is 0 Å². The lowest BCUT2D eigenvalue weighted by Gasteiger charge is -2.24. The van der Waals surface area contributed by atoms with Crippen molar-refractivity contribution in [3.05, 3.63) is 5.51 Å². The molecule has 0 atom stereocenters. The average Bonchev–Trinajstić information content (AvgIpc) is 2.67. The van der Waals surface area contributed by atoms with Crippen molar-refractivity contribution in [3.8, 4) is 0 Å². The first-order valence-electron chi connectivity index (χ1n) is 5.28. The molecule has 0 unspecified atom stereocenters. The van der Waals surface area contributed by atoms with Gasteiger partial charge in [0.1, 0.15) is 17.7 Å². The minimum absolute atomic E-state index is 0.103. The summed E-state index contributed by atoms with van der Waals surface area (Å²) in [5.41, 5.74) is 0.925. The lowest BCUT2D eigenvalue weighted by Crippen LogP contribution is -2.38. The van der Waals surface area contributed by atoms with E-state index in [1.54, 1.807) is 20.8 Å². The molecule has 1 aromatic rings. The zero-order chi connectivity index (χ0) is 13.8. The lowest BCUT2D eigenvalue weighted by molar-refractivity contribution is -0.117. The maximum absolute atomic E-state index is 11.6. The molecule has 0 saturated carbocycles. The number of carbonyl (C=O) groups excluding carboxylic acids is 2. The van der Waals surface area contributed by atoms with Crippen LogP contribution in [0.1, 0.15) is 20.8 Å². The summed E-state index contributed by atoms with van der Waals surface area (Å²) in [6.45, 7) is 5.19. The van der Waals surface area contributed by atoms with Crippen LogP contribution in [0, 0.1) is 0 Å². The van der Waals surface area contributed by atoms with E-state index in [2.05, 4.69) is 15.5 Å². The monoisotopic (exact) mass is 272 g/mol.